The number of carbonyl (C=O) groups is 2. The third-order valence-corrected chi connectivity index (χ3v) is 2.12. The monoisotopic (exact) mass is 215 g/mol. The minimum absolute atomic E-state index is 0.00162. The fraction of sp³-hybridized carbons (Fsp3) is 0.800. The third kappa shape index (κ3) is 6.06. The first-order valence-electron chi connectivity index (χ1n) is 5.18. The Morgan fingerprint density at radius 2 is 1.80 bits per heavy atom. The van der Waals surface area contributed by atoms with Crippen LogP contribution in [0.4, 0.5) is 0 Å². The van der Waals surface area contributed by atoms with Gasteiger partial charge in [-0.1, -0.05) is 13.8 Å². The number of nitrogens with one attached hydrogen (secondary N) is 1. The normalized spacial score (nSPS) is 14.7. The van der Waals surface area contributed by atoms with E-state index < -0.39 is 11.9 Å². The predicted octanol–water partition coefficient (Wildman–Crippen LogP) is -0.260. The molecule has 2 unspecified atom stereocenters. The number of nitrogens with two attached hydrogens (primary N) is 2. The van der Waals surface area contributed by atoms with E-state index in [0.717, 1.165) is 0 Å². The van der Waals surface area contributed by atoms with Crippen molar-refractivity contribution in [3.05, 3.63) is 0 Å². The molecule has 0 radical (unpaired) electrons. The van der Waals surface area contributed by atoms with E-state index in [0.29, 0.717) is 12.8 Å². The summed E-state index contributed by atoms with van der Waals surface area (Å²) in [5, 5.41) is 2.60. The van der Waals surface area contributed by atoms with Crippen LogP contribution in [0.15, 0.2) is 0 Å². The Kier molecular flexibility index (Phi) is 5.93. The summed E-state index contributed by atoms with van der Waals surface area (Å²) in [6, 6.07) is -0.604. The fourth-order valence-corrected chi connectivity index (χ4v) is 1.17. The minimum atomic E-state index is -0.592. The molecule has 0 rings (SSSR count). The van der Waals surface area contributed by atoms with Crippen LogP contribution in [0.3, 0.4) is 0 Å². The average molecular weight is 215 g/mol. The Balaban J connectivity index is 4.07. The molecular weight excluding hydrogens is 194 g/mol. The highest BCUT2D eigenvalue weighted by molar-refractivity contribution is 5.86. The van der Waals surface area contributed by atoms with Crippen molar-refractivity contribution < 1.29 is 9.59 Å². The van der Waals surface area contributed by atoms with Crippen molar-refractivity contribution in [1.82, 2.24) is 5.32 Å². The van der Waals surface area contributed by atoms with Crippen LogP contribution >= 0.6 is 0 Å². The summed E-state index contributed by atoms with van der Waals surface area (Å²) in [4.78, 5) is 22.4. The Labute approximate surface area is 90.6 Å². The molecule has 0 bridgehead atoms. The Hall–Kier alpha value is -1.10. The molecule has 0 aromatic rings. The highest BCUT2D eigenvalue weighted by Gasteiger charge is 2.21. The van der Waals surface area contributed by atoms with Gasteiger partial charge < -0.3 is 16.8 Å². The zero-order valence-corrected chi connectivity index (χ0v) is 9.62. The van der Waals surface area contributed by atoms with Crippen LogP contribution in [0.25, 0.3) is 0 Å². The van der Waals surface area contributed by atoms with Gasteiger partial charge in [-0.25, -0.2) is 0 Å². The summed E-state index contributed by atoms with van der Waals surface area (Å²) in [6.07, 6.45) is 0.934. The summed E-state index contributed by atoms with van der Waals surface area (Å²) in [7, 11) is 0. The van der Waals surface area contributed by atoms with Gasteiger partial charge in [0.15, 0.2) is 0 Å². The minimum Gasteiger partial charge on any atom is -0.368 e. The Morgan fingerprint density at radius 1 is 1.27 bits per heavy atom. The molecular formula is C10H21N3O2. The lowest BCUT2D eigenvalue weighted by Crippen LogP contribution is -2.47. The Bertz CT molecular complexity index is 227. The average Bonchev–Trinajstić information content (AvgIpc) is 2.09. The van der Waals surface area contributed by atoms with E-state index >= 15 is 0 Å². The van der Waals surface area contributed by atoms with E-state index in [2.05, 4.69) is 5.32 Å². The summed E-state index contributed by atoms with van der Waals surface area (Å²) < 4.78 is 0. The van der Waals surface area contributed by atoms with Crippen molar-refractivity contribution in [1.29, 1.82) is 0 Å². The number of carbonyl (C=O) groups excluding carboxylic acids is 2. The van der Waals surface area contributed by atoms with E-state index in [4.69, 9.17) is 11.5 Å². The topological polar surface area (TPSA) is 98.2 Å². The van der Waals surface area contributed by atoms with E-state index in [1.165, 1.54) is 0 Å². The molecule has 0 saturated heterocycles. The molecule has 0 spiro atoms. The summed E-state index contributed by atoms with van der Waals surface area (Å²) in [5.74, 6) is -0.675. The SMILES string of the molecule is CC(N)CCC(=O)NC(C(N)=O)C(C)C. The lowest BCUT2D eigenvalue weighted by atomic mass is 10.0. The molecule has 0 heterocycles. The maximum atomic E-state index is 11.4. The quantitative estimate of drug-likeness (QED) is 0.569. The molecule has 15 heavy (non-hydrogen) atoms. The summed E-state index contributed by atoms with van der Waals surface area (Å²) in [6.45, 7) is 5.50. The lowest BCUT2D eigenvalue weighted by Gasteiger charge is -2.19. The molecule has 0 aromatic heterocycles. The van der Waals surface area contributed by atoms with Crippen molar-refractivity contribution in [2.75, 3.05) is 0 Å². The molecule has 0 saturated carbocycles. The standard InChI is InChI=1S/C10H21N3O2/c1-6(2)9(10(12)15)13-8(14)5-4-7(3)11/h6-7,9H,4-5,11H2,1-3H3,(H2,12,15)(H,13,14). The van der Waals surface area contributed by atoms with Crippen LogP contribution in [0.5, 0.6) is 0 Å². The maximum absolute atomic E-state index is 11.4. The second-order valence-electron chi connectivity index (χ2n) is 4.21. The smallest absolute Gasteiger partial charge is 0.240 e. The van der Waals surface area contributed by atoms with Gasteiger partial charge in [-0.3, -0.25) is 9.59 Å². The van der Waals surface area contributed by atoms with Crippen molar-refractivity contribution >= 4 is 11.8 Å². The molecule has 5 nitrogen and oxygen atoms in total. The molecule has 0 aliphatic heterocycles. The maximum Gasteiger partial charge on any atom is 0.240 e. The first-order chi connectivity index (χ1) is 6.84. The molecule has 88 valence electrons. The van der Waals surface area contributed by atoms with Gasteiger partial charge in [-0.05, 0) is 19.3 Å². The van der Waals surface area contributed by atoms with Gasteiger partial charge in [-0.15, -0.1) is 0 Å². The van der Waals surface area contributed by atoms with Crippen LogP contribution in [0.1, 0.15) is 33.6 Å². The molecule has 0 aromatic carbocycles. The first-order valence-corrected chi connectivity index (χ1v) is 5.18. The van der Waals surface area contributed by atoms with Crippen molar-refractivity contribution in [3.8, 4) is 0 Å². The van der Waals surface area contributed by atoms with Gasteiger partial charge in [-0.2, -0.15) is 0 Å². The van der Waals surface area contributed by atoms with Gasteiger partial charge in [0, 0.05) is 12.5 Å². The van der Waals surface area contributed by atoms with E-state index in [1.807, 2.05) is 20.8 Å². The fourth-order valence-electron chi connectivity index (χ4n) is 1.17. The number of rotatable bonds is 6. The molecule has 0 aliphatic carbocycles. The number of primary amides is 1. The summed E-state index contributed by atoms with van der Waals surface area (Å²) in [5.41, 5.74) is 10.7. The van der Waals surface area contributed by atoms with Crippen molar-refractivity contribution in [2.45, 2.75) is 45.7 Å². The van der Waals surface area contributed by atoms with Gasteiger partial charge in [0.1, 0.15) is 6.04 Å². The van der Waals surface area contributed by atoms with Gasteiger partial charge in [0.2, 0.25) is 11.8 Å². The molecule has 0 aliphatic rings. The van der Waals surface area contributed by atoms with Crippen LogP contribution in [0, 0.1) is 5.92 Å². The molecule has 2 amide bonds. The molecule has 0 fully saturated rings. The zero-order valence-electron chi connectivity index (χ0n) is 9.62. The lowest BCUT2D eigenvalue weighted by molar-refractivity contribution is -0.128. The van der Waals surface area contributed by atoms with Crippen LogP contribution < -0.4 is 16.8 Å². The van der Waals surface area contributed by atoms with Crippen molar-refractivity contribution in [3.63, 3.8) is 0 Å². The second-order valence-corrected chi connectivity index (χ2v) is 4.21. The molecule has 5 heteroatoms. The highest BCUT2D eigenvalue weighted by Crippen LogP contribution is 2.02. The van der Waals surface area contributed by atoms with E-state index in [1.54, 1.807) is 0 Å². The van der Waals surface area contributed by atoms with Gasteiger partial charge in [0.05, 0.1) is 0 Å². The van der Waals surface area contributed by atoms with Crippen molar-refractivity contribution in [2.24, 2.45) is 17.4 Å². The van der Waals surface area contributed by atoms with Crippen LogP contribution in [-0.4, -0.2) is 23.9 Å². The van der Waals surface area contributed by atoms with Gasteiger partial charge in [0.25, 0.3) is 0 Å². The zero-order chi connectivity index (χ0) is 12.0. The van der Waals surface area contributed by atoms with Crippen LogP contribution in [0.2, 0.25) is 0 Å². The number of hydrogen-bond acceptors (Lipinski definition) is 3. The largest absolute Gasteiger partial charge is 0.368 e. The highest BCUT2D eigenvalue weighted by atomic mass is 16.2. The first kappa shape index (κ1) is 13.9. The van der Waals surface area contributed by atoms with E-state index in [9.17, 15) is 9.59 Å². The molecule has 5 N–H and O–H groups in total. The summed E-state index contributed by atoms with van der Waals surface area (Å²) >= 11 is 0. The Morgan fingerprint density at radius 3 is 2.13 bits per heavy atom. The van der Waals surface area contributed by atoms with Crippen LogP contribution in [-0.2, 0) is 9.59 Å². The number of hydrogen-bond donors (Lipinski definition) is 3. The second kappa shape index (κ2) is 6.40. The molecule has 2 atom stereocenters. The number of amides is 2. The predicted molar refractivity (Wildman–Crippen MR) is 58.8 cm³/mol. The van der Waals surface area contributed by atoms with Gasteiger partial charge >= 0.3 is 0 Å². The third-order valence-electron chi connectivity index (χ3n) is 2.12. The van der Waals surface area contributed by atoms with E-state index in [-0.39, 0.29) is 17.9 Å².